The van der Waals surface area contributed by atoms with Crippen LogP contribution < -0.4 is 5.32 Å². The average Bonchev–Trinajstić information content (AvgIpc) is 3.58. The molecule has 9 heteroatoms. The van der Waals surface area contributed by atoms with E-state index < -0.39 is 11.7 Å². The van der Waals surface area contributed by atoms with Gasteiger partial charge in [-0.3, -0.25) is 14.9 Å². The standard InChI is InChI=1S/C34H29ClN4O4/c1-21-17-28(22-7-3-2-4-8-22)36-31(21)30(40)20-39-19-25(24-12-11-23(35)18-29(24)39)32(41)38-15-13-34(14-16-38)26-9-5-6-10-27(26)37-33(42)43-34/h2-12,18-19H,13-17,20H2,1H3,(H,37,42). The number of likely N-dealkylation sites (tertiary alicyclic amines) is 1. The molecule has 4 heterocycles. The Morgan fingerprint density at radius 1 is 1.02 bits per heavy atom. The predicted octanol–water partition coefficient (Wildman–Crippen LogP) is 6.72. The molecule has 1 spiro atoms. The number of Topliss-reactive ketones (excluding diaryl/α,β-unsaturated/α-hetero) is 1. The molecule has 7 rings (SSSR count). The Morgan fingerprint density at radius 3 is 2.56 bits per heavy atom. The number of aromatic nitrogens is 1. The highest BCUT2D eigenvalue weighted by Crippen LogP contribution is 2.43. The first kappa shape index (κ1) is 27.2. The number of nitrogens with one attached hydrogen (secondary N) is 1. The fraction of sp³-hybridized carbons (Fsp3) is 0.235. The number of nitrogens with zero attached hydrogens (tertiary/aromatic N) is 3. The topological polar surface area (TPSA) is 93.0 Å². The number of ether oxygens (including phenoxy) is 1. The van der Waals surface area contributed by atoms with Gasteiger partial charge in [-0.25, -0.2) is 9.79 Å². The normalized spacial score (nSPS) is 17.5. The van der Waals surface area contributed by atoms with Crippen LogP contribution in [-0.4, -0.2) is 46.1 Å². The summed E-state index contributed by atoms with van der Waals surface area (Å²) in [6.07, 6.45) is 2.87. The lowest BCUT2D eigenvalue weighted by molar-refractivity contribution is -0.116. The molecule has 0 aliphatic carbocycles. The largest absolute Gasteiger partial charge is 0.438 e. The van der Waals surface area contributed by atoms with E-state index in [1.54, 1.807) is 27.8 Å². The van der Waals surface area contributed by atoms with Crippen molar-refractivity contribution < 1.29 is 19.1 Å². The third-order valence-corrected chi connectivity index (χ3v) is 8.88. The number of aliphatic imine (C=N–C) groups is 1. The SMILES string of the molecule is CC1=C(C(=O)Cn2cc(C(=O)N3CCC4(CC3)OC(=O)Nc3ccccc34)c3ccc(Cl)cc32)N=C(c2ccccc2)C1. The van der Waals surface area contributed by atoms with Crippen LogP contribution in [0.1, 0.15) is 47.7 Å². The molecule has 3 aliphatic rings. The summed E-state index contributed by atoms with van der Waals surface area (Å²) in [5, 5.41) is 4.02. The van der Waals surface area contributed by atoms with Crippen LogP contribution in [0, 0.1) is 0 Å². The van der Waals surface area contributed by atoms with Crippen molar-refractivity contribution in [2.45, 2.75) is 38.3 Å². The van der Waals surface area contributed by atoms with Crippen molar-refractivity contribution in [2.75, 3.05) is 18.4 Å². The number of allylic oxidation sites excluding steroid dienone is 2. The lowest BCUT2D eigenvalue weighted by atomic mass is 9.82. The first-order valence-corrected chi connectivity index (χ1v) is 14.7. The second-order valence-corrected chi connectivity index (χ2v) is 11.8. The van der Waals surface area contributed by atoms with Gasteiger partial charge in [0.25, 0.3) is 5.91 Å². The predicted molar refractivity (Wildman–Crippen MR) is 166 cm³/mol. The van der Waals surface area contributed by atoms with E-state index in [0.29, 0.717) is 54.2 Å². The van der Waals surface area contributed by atoms with Gasteiger partial charge in [-0.2, -0.15) is 0 Å². The van der Waals surface area contributed by atoms with E-state index in [2.05, 4.69) is 5.32 Å². The van der Waals surface area contributed by atoms with Gasteiger partial charge in [-0.15, -0.1) is 0 Å². The van der Waals surface area contributed by atoms with Gasteiger partial charge < -0.3 is 14.2 Å². The zero-order chi connectivity index (χ0) is 29.7. The lowest BCUT2D eigenvalue weighted by Gasteiger charge is -2.44. The fourth-order valence-corrected chi connectivity index (χ4v) is 6.63. The minimum Gasteiger partial charge on any atom is -0.438 e. The molecule has 8 nitrogen and oxygen atoms in total. The van der Waals surface area contributed by atoms with Gasteiger partial charge >= 0.3 is 6.09 Å². The monoisotopic (exact) mass is 592 g/mol. The van der Waals surface area contributed by atoms with Crippen LogP contribution in [0.15, 0.2) is 95.3 Å². The third-order valence-electron chi connectivity index (χ3n) is 8.64. The zero-order valence-corrected chi connectivity index (χ0v) is 24.4. The van der Waals surface area contributed by atoms with Crippen LogP contribution >= 0.6 is 11.6 Å². The zero-order valence-electron chi connectivity index (χ0n) is 23.6. The number of piperidine rings is 1. The van der Waals surface area contributed by atoms with Crippen molar-refractivity contribution in [3.05, 3.63) is 112 Å². The number of para-hydroxylation sites is 1. The summed E-state index contributed by atoms with van der Waals surface area (Å²) in [6, 6.07) is 22.9. The Labute approximate surface area is 253 Å². The molecule has 0 bridgehead atoms. The summed E-state index contributed by atoms with van der Waals surface area (Å²) in [6.45, 7) is 2.81. The van der Waals surface area contributed by atoms with Crippen molar-refractivity contribution in [3.63, 3.8) is 0 Å². The number of hydrogen-bond donors (Lipinski definition) is 1. The molecule has 1 aromatic heterocycles. The molecule has 0 unspecified atom stereocenters. The Morgan fingerprint density at radius 2 is 1.77 bits per heavy atom. The molecular formula is C34H29ClN4O4. The highest BCUT2D eigenvalue weighted by molar-refractivity contribution is 6.31. The minimum absolute atomic E-state index is 0.0329. The number of benzene rings is 3. The van der Waals surface area contributed by atoms with E-state index in [-0.39, 0.29) is 18.2 Å². The molecule has 0 saturated carbocycles. The maximum atomic E-state index is 13.9. The summed E-state index contributed by atoms with van der Waals surface area (Å²) < 4.78 is 7.64. The number of halogens is 1. The number of carbonyl (C=O) groups is 3. The van der Waals surface area contributed by atoms with Crippen LogP contribution in [-0.2, 0) is 21.7 Å². The number of carbonyl (C=O) groups excluding carboxylic acids is 3. The van der Waals surface area contributed by atoms with Crippen LogP contribution in [0.3, 0.4) is 0 Å². The Kier molecular flexibility index (Phi) is 6.66. The molecule has 3 aromatic carbocycles. The van der Waals surface area contributed by atoms with E-state index >= 15 is 0 Å². The fourth-order valence-electron chi connectivity index (χ4n) is 6.47. The molecule has 216 valence electrons. The first-order valence-electron chi connectivity index (χ1n) is 14.3. The molecule has 43 heavy (non-hydrogen) atoms. The second kappa shape index (κ2) is 10.5. The lowest BCUT2D eigenvalue weighted by Crippen LogP contribution is -2.49. The molecule has 3 aliphatic heterocycles. The highest BCUT2D eigenvalue weighted by atomic mass is 35.5. The maximum absolute atomic E-state index is 13.9. The smallest absolute Gasteiger partial charge is 0.412 e. The van der Waals surface area contributed by atoms with Gasteiger partial charge in [0.1, 0.15) is 11.3 Å². The van der Waals surface area contributed by atoms with Crippen LogP contribution in [0.2, 0.25) is 5.02 Å². The summed E-state index contributed by atoms with van der Waals surface area (Å²) in [5.74, 6) is -0.256. The maximum Gasteiger partial charge on any atom is 0.412 e. The van der Waals surface area contributed by atoms with Crippen molar-refractivity contribution >= 4 is 51.7 Å². The molecule has 4 aromatic rings. The summed E-state index contributed by atoms with van der Waals surface area (Å²) in [7, 11) is 0. The van der Waals surface area contributed by atoms with Crippen molar-refractivity contribution in [1.29, 1.82) is 0 Å². The van der Waals surface area contributed by atoms with Crippen LogP contribution in [0.4, 0.5) is 10.5 Å². The molecule has 0 radical (unpaired) electrons. The minimum atomic E-state index is -0.768. The summed E-state index contributed by atoms with van der Waals surface area (Å²) >= 11 is 6.37. The number of rotatable bonds is 5. The van der Waals surface area contributed by atoms with Gasteiger partial charge in [0.15, 0.2) is 0 Å². The highest BCUT2D eigenvalue weighted by Gasteiger charge is 2.45. The summed E-state index contributed by atoms with van der Waals surface area (Å²) in [4.78, 5) is 46.3. The Hall–Kier alpha value is -4.69. The molecule has 1 fully saturated rings. The van der Waals surface area contributed by atoms with Crippen molar-refractivity contribution in [2.24, 2.45) is 4.99 Å². The number of anilines is 1. The van der Waals surface area contributed by atoms with Crippen LogP contribution in [0.5, 0.6) is 0 Å². The first-order chi connectivity index (χ1) is 20.8. The number of fused-ring (bicyclic) bond motifs is 3. The van der Waals surface area contributed by atoms with Gasteiger partial charge in [0.2, 0.25) is 5.78 Å². The van der Waals surface area contributed by atoms with E-state index in [0.717, 1.165) is 33.5 Å². The number of amides is 2. The van der Waals surface area contributed by atoms with Crippen LogP contribution in [0.25, 0.3) is 10.9 Å². The number of ketones is 1. The van der Waals surface area contributed by atoms with E-state index in [9.17, 15) is 14.4 Å². The van der Waals surface area contributed by atoms with Gasteiger partial charge in [0, 0.05) is 54.5 Å². The van der Waals surface area contributed by atoms with Crippen molar-refractivity contribution in [3.8, 4) is 0 Å². The molecular weight excluding hydrogens is 564 g/mol. The van der Waals surface area contributed by atoms with E-state index in [1.165, 1.54) is 0 Å². The summed E-state index contributed by atoms with van der Waals surface area (Å²) in [5.41, 5.74) is 5.40. The molecule has 2 amide bonds. The van der Waals surface area contributed by atoms with Gasteiger partial charge in [-0.05, 0) is 36.3 Å². The third kappa shape index (κ3) is 4.81. The van der Waals surface area contributed by atoms with Crippen molar-refractivity contribution in [1.82, 2.24) is 9.47 Å². The molecule has 1 saturated heterocycles. The average molecular weight is 593 g/mol. The van der Waals surface area contributed by atoms with Gasteiger partial charge in [0.05, 0.1) is 29.0 Å². The Balaban J connectivity index is 1.14. The van der Waals surface area contributed by atoms with E-state index in [4.69, 9.17) is 21.3 Å². The molecule has 1 N–H and O–H groups in total. The Bertz CT molecular complexity index is 1870. The quantitative estimate of drug-likeness (QED) is 0.278. The molecule has 0 atom stereocenters. The second-order valence-electron chi connectivity index (χ2n) is 11.3. The van der Waals surface area contributed by atoms with E-state index in [1.807, 2.05) is 67.6 Å². The number of hydrogen-bond acceptors (Lipinski definition) is 5. The van der Waals surface area contributed by atoms with Gasteiger partial charge in [-0.1, -0.05) is 66.2 Å².